The molecular weight excluding hydrogens is 404 g/mol. The summed E-state index contributed by atoms with van der Waals surface area (Å²) >= 11 is 6.45. The second-order valence-corrected chi connectivity index (χ2v) is 9.01. The standard InChI is InChI=1S/C22H31ClN4O3/c1-22(2,3)21-25-20(30-26-21)10-6-9-19(28)24-15-18(27-11-13-29-14-12-27)16-7-4-5-8-17(16)23/h4-5,7-8,18H,6,9-15H2,1-3H3,(H,24,28). The van der Waals surface area contributed by atoms with Crippen molar-refractivity contribution in [3.05, 3.63) is 46.6 Å². The van der Waals surface area contributed by atoms with Crippen LogP contribution in [0.15, 0.2) is 28.8 Å². The van der Waals surface area contributed by atoms with E-state index in [4.69, 9.17) is 20.9 Å². The Bertz CT molecular complexity index is 828. The van der Waals surface area contributed by atoms with E-state index >= 15 is 0 Å². The van der Waals surface area contributed by atoms with Crippen molar-refractivity contribution in [1.29, 1.82) is 0 Å². The van der Waals surface area contributed by atoms with Crippen LogP contribution in [-0.4, -0.2) is 53.8 Å². The lowest BCUT2D eigenvalue weighted by Gasteiger charge is -2.35. The van der Waals surface area contributed by atoms with Crippen LogP contribution in [-0.2, 0) is 21.4 Å². The maximum atomic E-state index is 12.4. The second kappa shape index (κ2) is 10.4. The summed E-state index contributed by atoms with van der Waals surface area (Å²) in [5.41, 5.74) is 0.883. The molecule has 1 aliphatic heterocycles. The molecule has 7 nitrogen and oxygen atoms in total. The van der Waals surface area contributed by atoms with Gasteiger partial charge in [0, 0.05) is 42.9 Å². The highest BCUT2D eigenvalue weighted by atomic mass is 35.5. The highest BCUT2D eigenvalue weighted by Crippen LogP contribution is 2.27. The van der Waals surface area contributed by atoms with E-state index in [0.29, 0.717) is 55.8 Å². The number of nitrogens with one attached hydrogen (secondary N) is 1. The summed E-state index contributed by atoms with van der Waals surface area (Å²) in [6.07, 6.45) is 1.66. The zero-order valence-electron chi connectivity index (χ0n) is 18.0. The third-order valence-corrected chi connectivity index (χ3v) is 5.52. The smallest absolute Gasteiger partial charge is 0.226 e. The van der Waals surface area contributed by atoms with Gasteiger partial charge in [-0.1, -0.05) is 55.7 Å². The fourth-order valence-electron chi connectivity index (χ4n) is 3.43. The van der Waals surface area contributed by atoms with Gasteiger partial charge >= 0.3 is 0 Å². The van der Waals surface area contributed by atoms with Gasteiger partial charge in [-0.3, -0.25) is 9.69 Å². The third kappa shape index (κ3) is 6.27. The second-order valence-electron chi connectivity index (χ2n) is 8.61. The Morgan fingerprint density at radius 1 is 1.27 bits per heavy atom. The average Bonchev–Trinajstić information content (AvgIpc) is 3.20. The first-order valence-electron chi connectivity index (χ1n) is 10.5. The third-order valence-electron chi connectivity index (χ3n) is 5.18. The van der Waals surface area contributed by atoms with Gasteiger partial charge in [-0.2, -0.15) is 4.98 Å². The van der Waals surface area contributed by atoms with Crippen molar-refractivity contribution in [1.82, 2.24) is 20.4 Å². The summed E-state index contributed by atoms with van der Waals surface area (Å²) < 4.78 is 10.8. The topological polar surface area (TPSA) is 80.5 Å². The van der Waals surface area contributed by atoms with Crippen molar-refractivity contribution in [2.24, 2.45) is 0 Å². The largest absolute Gasteiger partial charge is 0.379 e. The number of hydrogen-bond acceptors (Lipinski definition) is 6. The molecule has 0 radical (unpaired) electrons. The van der Waals surface area contributed by atoms with Gasteiger partial charge in [0.25, 0.3) is 0 Å². The first kappa shape index (κ1) is 22.7. The molecule has 1 aromatic heterocycles. The van der Waals surface area contributed by atoms with Crippen LogP contribution in [0.2, 0.25) is 5.02 Å². The average molecular weight is 435 g/mol. The molecule has 164 valence electrons. The summed E-state index contributed by atoms with van der Waals surface area (Å²) in [4.78, 5) is 19.2. The Hall–Kier alpha value is -1.96. The van der Waals surface area contributed by atoms with E-state index in [2.05, 4.69) is 20.4 Å². The molecule has 8 heteroatoms. The molecule has 0 aliphatic carbocycles. The molecule has 30 heavy (non-hydrogen) atoms. The number of nitrogens with zero attached hydrogens (tertiary/aromatic N) is 3. The van der Waals surface area contributed by atoms with Crippen LogP contribution in [0.25, 0.3) is 0 Å². The molecule has 0 spiro atoms. The molecule has 2 aromatic rings. The number of benzene rings is 1. The molecule has 2 heterocycles. The number of carbonyl (C=O) groups is 1. The van der Waals surface area contributed by atoms with Gasteiger partial charge < -0.3 is 14.6 Å². The predicted molar refractivity (Wildman–Crippen MR) is 116 cm³/mol. The van der Waals surface area contributed by atoms with Crippen molar-refractivity contribution in [2.75, 3.05) is 32.8 Å². The van der Waals surface area contributed by atoms with E-state index in [0.717, 1.165) is 18.7 Å². The first-order chi connectivity index (χ1) is 14.3. The minimum Gasteiger partial charge on any atom is -0.379 e. The number of amides is 1. The van der Waals surface area contributed by atoms with Crippen molar-refractivity contribution in [3.63, 3.8) is 0 Å². The number of aryl methyl sites for hydroxylation is 1. The molecule has 1 fully saturated rings. The number of rotatable bonds is 8. The van der Waals surface area contributed by atoms with Crippen molar-refractivity contribution in [3.8, 4) is 0 Å². The van der Waals surface area contributed by atoms with Gasteiger partial charge in [0.05, 0.1) is 19.3 Å². The van der Waals surface area contributed by atoms with Crippen molar-refractivity contribution in [2.45, 2.75) is 51.5 Å². The molecule has 1 amide bonds. The number of aromatic nitrogens is 2. The van der Waals surface area contributed by atoms with Crippen LogP contribution in [0.4, 0.5) is 0 Å². The Balaban J connectivity index is 1.51. The fourth-order valence-corrected chi connectivity index (χ4v) is 3.69. The maximum absolute atomic E-state index is 12.4. The maximum Gasteiger partial charge on any atom is 0.226 e. The van der Waals surface area contributed by atoms with Crippen LogP contribution < -0.4 is 5.32 Å². The minimum absolute atomic E-state index is 0.0101. The van der Waals surface area contributed by atoms with Crippen LogP contribution in [0.3, 0.4) is 0 Å². The van der Waals surface area contributed by atoms with Gasteiger partial charge in [-0.15, -0.1) is 0 Å². The van der Waals surface area contributed by atoms with E-state index in [1.807, 2.05) is 45.0 Å². The van der Waals surface area contributed by atoms with Gasteiger partial charge in [0.1, 0.15) is 0 Å². The zero-order chi connectivity index (χ0) is 21.6. The lowest BCUT2D eigenvalue weighted by molar-refractivity contribution is -0.121. The van der Waals surface area contributed by atoms with Crippen molar-refractivity contribution >= 4 is 17.5 Å². The van der Waals surface area contributed by atoms with E-state index in [1.54, 1.807) is 0 Å². The van der Waals surface area contributed by atoms with E-state index in [-0.39, 0.29) is 17.4 Å². The van der Waals surface area contributed by atoms with Gasteiger partial charge in [0.15, 0.2) is 5.82 Å². The molecule has 1 unspecified atom stereocenters. The summed E-state index contributed by atoms with van der Waals surface area (Å²) in [5.74, 6) is 1.28. The molecular formula is C22H31ClN4O3. The van der Waals surface area contributed by atoms with Crippen LogP contribution in [0.1, 0.15) is 56.9 Å². The number of hydrogen-bond donors (Lipinski definition) is 1. The van der Waals surface area contributed by atoms with Crippen LogP contribution in [0, 0.1) is 0 Å². The van der Waals surface area contributed by atoms with Crippen LogP contribution in [0.5, 0.6) is 0 Å². The summed E-state index contributed by atoms with van der Waals surface area (Å²) in [6, 6.07) is 7.84. The molecule has 1 N–H and O–H groups in total. The molecule has 0 saturated carbocycles. The normalized spacial score (nSPS) is 16.4. The van der Waals surface area contributed by atoms with Gasteiger partial charge in [-0.25, -0.2) is 0 Å². The predicted octanol–water partition coefficient (Wildman–Crippen LogP) is 3.53. The molecule has 1 atom stereocenters. The fraction of sp³-hybridized carbons (Fsp3) is 0.591. The van der Waals surface area contributed by atoms with Crippen molar-refractivity contribution < 1.29 is 14.1 Å². The Kier molecular flexibility index (Phi) is 7.86. The number of morpholine rings is 1. The monoisotopic (exact) mass is 434 g/mol. The van der Waals surface area contributed by atoms with E-state index < -0.39 is 0 Å². The van der Waals surface area contributed by atoms with E-state index in [9.17, 15) is 4.79 Å². The first-order valence-corrected chi connectivity index (χ1v) is 10.9. The lowest BCUT2D eigenvalue weighted by Crippen LogP contribution is -2.43. The molecule has 3 rings (SSSR count). The highest BCUT2D eigenvalue weighted by Gasteiger charge is 2.25. The quantitative estimate of drug-likeness (QED) is 0.684. The Morgan fingerprint density at radius 2 is 2.00 bits per heavy atom. The zero-order valence-corrected chi connectivity index (χ0v) is 18.7. The number of ether oxygens (including phenoxy) is 1. The SMILES string of the molecule is CC(C)(C)c1noc(CCCC(=O)NCC(c2ccccc2Cl)N2CCOCC2)n1. The summed E-state index contributed by atoms with van der Waals surface area (Å²) in [7, 11) is 0. The number of halogens is 1. The lowest BCUT2D eigenvalue weighted by atomic mass is 9.96. The molecule has 1 saturated heterocycles. The highest BCUT2D eigenvalue weighted by molar-refractivity contribution is 6.31. The van der Waals surface area contributed by atoms with Gasteiger partial charge in [-0.05, 0) is 18.1 Å². The minimum atomic E-state index is -0.146. The molecule has 0 bridgehead atoms. The Morgan fingerprint density at radius 3 is 2.67 bits per heavy atom. The Labute approximate surface area is 183 Å². The molecule has 1 aliphatic rings. The summed E-state index contributed by atoms with van der Waals surface area (Å²) in [6.45, 7) is 9.65. The number of carbonyl (C=O) groups excluding carboxylic acids is 1. The van der Waals surface area contributed by atoms with E-state index in [1.165, 1.54) is 0 Å². The van der Waals surface area contributed by atoms with Crippen LogP contribution >= 0.6 is 11.6 Å². The molecule has 1 aromatic carbocycles. The van der Waals surface area contributed by atoms with Gasteiger partial charge in [0.2, 0.25) is 11.8 Å². The summed E-state index contributed by atoms with van der Waals surface area (Å²) in [5, 5.41) is 7.82.